The Morgan fingerprint density at radius 1 is 0.137 bits per heavy atom. The van der Waals surface area contributed by atoms with Gasteiger partial charge in [-0.05, 0) is 111 Å². The molecule has 0 unspecified atom stereocenters. The number of hydrogen-bond donors (Lipinski definition) is 0. The molecule has 20 aromatic rings. The summed E-state index contributed by atoms with van der Waals surface area (Å²) in [7, 11) is 0. The van der Waals surface area contributed by atoms with E-state index in [9.17, 15) is 0 Å². The van der Waals surface area contributed by atoms with Gasteiger partial charge >= 0.3 is 0 Å². The van der Waals surface area contributed by atoms with Crippen molar-refractivity contribution in [2.75, 3.05) is 0 Å². The molecule has 0 aliphatic heterocycles. The summed E-state index contributed by atoms with van der Waals surface area (Å²) in [6, 6.07) is 143. The molecule has 4 radical (unpaired) electrons. The third kappa shape index (κ3) is 30.4. The van der Waals surface area contributed by atoms with Crippen LogP contribution in [0, 0.1) is 48.5 Å². The summed E-state index contributed by atoms with van der Waals surface area (Å²) < 4.78 is 0. The van der Waals surface area contributed by atoms with E-state index < -0.39 is 0 Å². The van der Waals surface area contributed by atoms with Crippen LogP contribution in [0.5, 0.6) is 0 Å². The molecule has 20 rings (SSSR count). The van der Waals surface area contributed by atoms with Gasteiger partial charge in [-0.3, -0.25) is 15.0 Å². The Hall–Kier alpha value is -13.9. The van der Waals surface area contributed by atoms with Crippen LogP contribution in [0.25, 0.3) is 135 Å². The summed E-state index contributed by atoms with van der Waals surface area (Å²) in [5, 5.41) is 0. The van der Waals surface area contributed by atoms with Gasteiger partial charge < -0.3 is 39.9 Å². The van der Waals surface area contributed by atoms with Crippen molar-refractivity contribution in [3.8, 4) is 135 Å². The monoisotopic (exact) mass is 2310 g/mol. The average Bonchev–Trinajstić information content (AvgIpc) is 0.845. The van der Waals surface area contributed by atoms with Gasteiger partial charge in [0, 0.05) is 189 Å². The number of pyridine rings is 11. The smallest absolute Gasteiger partial charge is 0.116 e. The second kappa shape index (κ2) is 53.7. The van der Waals surface area contributed by atoms with Gasteiger partial charge in [-0.15, -0.1) is 287 Å². The van der Waals surface area contributed by atoms with E-state index in [1.165, 1.54) is 6.33 Å². The molecule has 8 aromatic carbocycles. The van der Waals surface area contributed by atoms with Gasteiger partial charge in [0.25, 0.3) is 0 Å². The molecule has 0 amide bonds. The van der Waals surface area contributed by atoms with Crippen molar-refractivity contribution in [1.29, 1.82) is 0 Å². The topological polar surface area (TPSA) is 168 Å². The molecule has 0 saturated heterocycles. The van der Waals surface area contributed by atoms with E-state index in [2.05, 4.69) is 125 Å². The molecule has 12 heterocycles. The quantitative estimate of drug-likeness (QED) is 0.106. The molecule has 12 aromatic heterocycles. The molecular formula is C107H75Ir4N13-8. The molecule has 0 bridgehead atoms. The zero-order valence-electron chi connectivity index (χ0n) is 66.4. The zero-order valence-corrected chi connectivity index (χ0v) is 76.0. The van der Waals surface area contributed by atoms with Crippen LogP contribution in [-0.2, 0) is 80.4 Å². The summed E-state index contributed by atoms with van der Waals surface area (Å²) in [5.41, 5.74) is 23.9. The van der Waals surface area contributed by atoms with Crippen LogP contribution >= 0.6 is 0 Å². The Morgan fingerprint density at radius 2 is 0.363 bits per heavy atom. The van der Waals surface area contributed by atoms with E-state index >= 15 is 0 Å². The van der Waals surface area contributed by atoms with Crippen molar-refractivity contribution < 1.29 is 80.4 Å². The van der Waals surface area contributed by atoms with Gasteiger partial charge in [0.05, 0.1) is 11.4 Å². The first kappa shape index (κ1) is 93.9. The first-order valence-corrected chi connectivity index (χ1v) is 38.3. The molecule has 612 valence electrons. The first-order chi connectivity index (χ1) is 59.6. The number of benzene rings is 8. The average molecular weight is 2310 g/mol. The van der Waals surface area contributed by atoms with Gasteiger partial charge in [-0.1, -0.05) is 115 Å². The Bertz CT molecular complexity index is 4990. The molecule has 17 heteroatoms. The van der Waals surface area contributed by atoms with Crippen molar-refractivity contribution in [2.24, 2.45) is 0 Å². The molecule has 0 atom stereocenters. The second-order valence-electron chi connectivity index (χ2n) is 25.6. The Kier molecular flexibility index (Phi) is 40.7. The van der Waals surface area contributed by atoms with E-state index in [1.807, 2.05) is 389 Å². The molecular weight excluding hydrogens is 2240 g/mol. The van der Waals surface area contributed by atoms with Gasteiger partial charge in [-0.2, -0.15) is 0 Å². The maximum atomic E-state index is 4.47. The minimum Gasteiger partial charge on any atom is -0.305 e. The third-order valence-electron chi connectivity index (χ3n) is 17.4. The number of rotatable bonds is 12. The number of hydrogen-bond acceptors (Lipinski definition) is 13. The second-order valence-corrected chi connectivity index (χ2v) is 25.6. The largest absolute Gasteiger partial charge is 0.305 e. The standard InChI is InChI=1S/3C16H11N2.C15H10N3.4C11H8N.4Ir/c1-2-6-13(7-3-1)16-10-9-14(12-18-16)15-8-4-5-11-17-15;2*1-2-5-13(6-3-1)16-9-8-15(12-18-16)14-7-4-10-17-11-14;1-2-4-12(5-3-1)14-7-6-13(10-17-14)15-8-9-16-11-18-15;4*1-2-6-10(7-3-1)11-8-4-5-9-12-11;;;;/h1-6,8-12H;2*1-5,7-12H;1-4,6-11H;4*1-6,8-9H;;;;/q8*-1;;;;. The van der Waals surface area contributed by atoms with Crippen LogP contribution in [0.1, 0.15) is 0 Å². The van der Waals surface area contributed by atoms with E-state index in [0.717, 1.165) is 135 Å². The minimum absolute atomic E-state index is 0. The predicted molar refractivity (Wildman–Crippen MR) is 479 cm³/mol. The molecule has 0 spiro atoms. The van der Waals surface area contributed by atoms with E-state index in [0.29, 0.717) is 0 Å². The minimum atomic E-state index is 0. The van der Waals surface area contributed by atoms with E-state index in [-0.39, 0.29) is 80.4 Å². The zero-order chi connectivity index (χ0) is 81.7. The van der Waals surface area contributed by atoms with Gasteiger partial charge in [0.15, 0.2) is 0 Å². The third-order valence-corrected chi connectivity index (χ3v) is 17.4. The fourth-order valence-electron chi connectivity index (χ4n) is 11.4. The molecule has 0 saturated carbocycles. The molecule has 13 nitrogen and oxygen atoms in total. The molecule has 124 heavy (non-hydrogen) atoms. The van der Waals surface area contributed by atoms with Crippen LogP contribution in [0.2, 0.25) is 0 Å². The predicted octanol–water partition coefficient (Wildman–Crippen LogP) is 24.0. The van der Waals surface area contributed by atoms with Crippen molar-refractivity contribution >= 4 is 0 Å². The van der Waals surface area contributed by atoms with Gasteiger partial charge in [0.1, 0.15) is 6.33 Å². The summed E-state index contributed by atoms with van der Waals surface area (Å²) in [6.45, 7) is 0. The first-order valence-electron chi connectivity index (χ1n) is 38.3. The number of nitrogens with zero attached hydrogens (tertiary/aromatic N) is 13. The Labute approximate surface area is 778 Å². The van der Waals surface area contributed by atoms with Crippen molar-refractivity contribution in [3.63, 3.8) is 0 Å². The Balaban J connectivity index is 0.000000161. The van der Waals surface area contributed by atoms with Crippen molar-refractivity contribution in [2.45, 2.75) is 0 Å². The maximum absolute atomic E-state index is 4.47. The SMILES string of the molecule is [Ir].[Ir].[Ir].[Ir].[c-]1ccccc1-c1ccc(-c2ccccn2)cn1.[c-]1ccccc1-c1ccc(-c2cccnc2)cn1.[c-]1ccccc1-c1ccc(-c2cccnc2)cn1.[c-]1ccccc1-c1ccc(-c2ccncn2)cn1.[c-]1ccccc1-c1ccccn1.[c-]1ccccc1-c1ccccn1.[c-]1ccccc1-c1ccccn1.[c-]1ccccc1-c1ccccn1. The van der Waals surface area contributed by atoms with Crippen molar-refractivity contribution in [1.82, 2.24) is 64.8 Å². The normalized spacial score (nSPS) is 9.68. The van der Waals surface area contributed by atoms with Gasteiger partial charge in [-0.25, -0.2) is 9.97 Å². The summed E-state index contributed by atoms with van der Waals surface area (Å²) in [6.07, 6.45) is 26.8. The van der Waals surface area contributed by atoms with Crippen LogP contribution in [0.15, 0.2) is 457 Å². The van der Waals surface area contributed by atoms with Crippen LogP contribution in [-0.4, -0.2) is 64.8 Å². The van der Waals surface area contributed by atoms with Crippen LogP contribution in [0.4, 0.5) is 0 Å². The van der Waals surface area contributed by atoms with E-state index in [4.69, 9.17) is 0 Å². The van der Waals surface area contributed by atoms with Gasteiger partial charge in [0.2, 0.25) is 0 Å². The summed E-state index contributed by atoms with van der Waals surface area (Å²) in [4.78, 5) is 55.3. The summed E-state index contributed by atoms with van der Waals surface area (Å²) >= 11 is 0. The van der Waals surface area contributed by atoms with Crippen LogP contribution < -0.4 is 0 Å². The van der Waals surface area contributed by atoms with Crippen molar-refractivity contribution in [3.05, 3.63) is 506 Å². The number of aromatic nitrogens is 13. The van der Waals surface area contributed by atoms with E-state index in [1.54, 1.807) is 49.6 Å². The Morgan fingerprint density at radius 3 is 0.556 bits per heavy atom. The molecule has 0 fully saturated rings. The fourth-order valence-corrected chi connectivity index (χ4v) is 11.4. The summed E-state index contributed by atoms with van der Waals surface area (Å²) in [5.74, 6) is 0. The molecule has 0 aliphatic rings. The maximum Gasteiger partial charge on any atom is 0.116 e. The van der Waals surface area contributed by atoms with Crippen LogP contribution in [0.3, 0.4) is 0 Å². The molecule has 0 N–H and O–H groups in total. The fraction of sp³-hybridized carbons (Fsp3) is 0. The molecule has 0 aliphatic carbocycles.